The molecule has 2 bridgehead atoms. The zero-order chi connectivity index (χ0) is 15.7. The minimum Gasteiger partial charge on any atom is -0.481 e. The minimum absolute atomic E-state index is 0.0390. The van der Waals surface area contributed by atoms with Crippen LogP contribution in [0.1, 0.15) is 47.0 Å². The van der Waals surface area contributed by atoms with Gasteiger partial charge in [0.15, 0.2) is 0 Å². The van der Waals surface area contributed by atoms with Gasteiger partial charge in [0, 0.05) is 12.1 Å². The Labute approximate surface area is 127 Å². The summed E-state index contributed by atoms with van der Waals surface area (Å²) >= 11 is 0. The molecule has 1 amide bonds. The van der Waals surface area contributed by atoms with Crippen molar-refractivity contribution in [2.24, 2.45) is 23.7 Å². The number of fused-ring (bicyclic) bond motifs is 2. The lowest BCUT2D eigenvalue weighted by atomic mass is 9.81. The summed E-state index contributed by atoms with van der Waals surface area (Å²) in [5.41, 5.74) is 0. The quantitative estimate of drug-likeness (QED) is 0.766. The van der Waals surface area contributed by atoms with Crippen LogP contribution in [0.4, 0.5) is 0 Å². The molecule has 0 aromatic rings. The molecular weight excluding hydrogens is 266 g/mol. The number of carbonyl (C=O) groups is 2. The van der Waals surface area contributed by atoms with Gasteiger partial charge >= 0.3 is 5.97 Å². The molecule has 0 aromatic heterocycles. The van der Waals surface area contributed by atoms with Crippen LogP contribution in [-0.4, -0.2) is 34.0 Å². The number of carbonyl (C=O) groups excluding carboxylic acids is 1. The second-order valence-corrected chi connectivity index (χ2v) is 6.60. The van der Waals surface area contributed by atoms with Crippen LogP contribution in [0.3, 0.4) is 0 Å². The molecular formula is C17H27NO3. The molecule has 6 atom stereocenters. The first-order valence-corrected chi connectivity index (χ1v) is 8.15. The van der Waals surface area contributed by atoms with E-state index < -0.39 is 11.9 Å². The maximum Gasteiger partial charge on any atom is 0.307 e. The highest BCUT2D eigenvalue weighted by molar-refractivity contribution is 5.87. The maximum atomic E-state index is 13.1. The van der Waals surface area contributed by atoms with Gasteiger partial charge in [0.05, 0.1) is 11.8 Å². The predicted molar refractivity (Wildman–Crippen MR) is 81.7 cm³/mol. The highest BCUT2D eigenvalue weighted by atomic mass is 16.4. The first-order chi connectivity index (χ1) is 9.92. The molecule has 2 aliphatic rings. The minimum atomic E-state index is -0.821. The average molecular weight is 293 g/mol. The van der Waals surface area contributed by atoms with Gasteiger partial charge in [-0.1, -0.05) is 26.0 Å². The van der Waals surface area contributed by atoms with Gasteiger partial charge in [-0.2, -0.15) is 0 Å². The molecule has 0 heterocycles. The lowest BCUT2D eigenvalue weighted by Gasteiger charge is -2.38. The third-order valence-corrected chi connectivity index (χ3v) is 5.42. The van der Waals surface area contributed by atoms with E-state index in [0.717, 1.165) is 19.3 Å². The third-order valence-electron chi connectivity index (χ3n) is 5.42. The van der Waals surface area contributed by atoms with Gasteiger partial charge in [0.1, 0.15) is 0 Å². The highest BCUT2D eigenvalue weighted by Gasteiger charge is 2.53. The fourth-order valence-electron chi connectivity index (χ4n) is 3.93. The van der Waals surface area contributed by atoms with Crippen LogP contribution >= 0.6 is 0 Å². The van der Waals surface area contributed by atoms with E-state index in [1.807, 2.05) is 11.0 Å². The summed E-state index contributed by atoms with van der Waals surface area (Å²) in [6.07, 6.45) is 6.65. The van der Waals surface area contributed by atoms with E-state index in [0.29, 0.717) is 0 Å². The number of carboxylic acid groups (broad SMARTS) is 1. The Bertz CT molecular complexity index is 435. The van der Waals surface area contributed by atoms with Crippen LogP contribution in [0.25, 0.3) is 0 Å². The van der Waals surface area contributed by atoms with E-state index in [9.17, 15) is 14.7 Å². The Balaban J connectivity index is 2.27. The Morgan fingerprint density at radius 3 is 2.00 bits per heavy atom. The summed E-state index contributed by atoms with van der Waals surface area (Å²) in [5, 5.41) is 9.52. The fraction of sp³-hybridized carbons (Fsp3) is 0.765. The van der Waals surface area contributed by atoms with Gasteiger partial charge in [-0.15, -0.1) is 0 Å². The smallest absolute Gasteiger partial charge is 0.307 e. The van der Waals surface area contributed by atoms with Gasteiger partial charge in [-0.3, -0.25) is 9.59 Å². The first kappa shape index (κ1) is 16.1. The van der Waals surface area contributed by atoms with E-state index in [-0.39, 0.29) is 35.7 Å². The lowest BCUT2D eigenvalue weighted by Crippen LogP contribution is -2.50. The molecule has 0 saturated heterocycles. The van der Waals surface area contributed by atoms with E-state index in [1.165, 1.54) is 0 Å². The van der Waals surface area contributed by atoms with Gasteiger partial charge < -0.3 is 10.0 Å². The van der Waals surface area contributed by atoms with Crippen LogP contribution in [0, 0.1) is 23.7 Å². The van der Waals surface area contributed by atoms with Gasteiger partial charge in [0.25, 0.3) is 0 Å². The van der Waals surface area contributed by atoms with E-state index in [2.05, 4.69) is 33.8 Å². The zero-order valence-electron chi connectivity index (χ0n) is 13.5. The third kappa shape index (κ3) is 2.72. The SMILES string of the molecule is CC[C@@H](C)N(C(=O)[C@H]1[C@@H](C(=O)O)[C@H]2C=C[C@H]1C2)[C@@H](C)CC. The molecule has 0 aliphatic heterocycles. The van der Waals surface area contributed by atoms with Crippen molar-refractivity contribution in [3.8, 4) is 0 Å². The summed E-state index contributed by atoms with van der Waals surface area (Å²) in [7, 11) is 0. The summed E-state index contributed by atoms with van der Waals surface area (Å²) in [6.45, 7) is 8.26. The second-order valence-electron chi connectivity index (χ2n) is 6.60. The topological polar surface area (TPSA) is 57.6 Å². The van der Waals surface area contributed by atoms with Gasteiger partial charge in [-0.25, -0.2) is 0 Å². The summed E-state index contributed by atoms with van der Waals surface area (Å²) in [5.74, 6) is -1.54. The average Bonchev–Trinajstić information content (AvgIpc) is 3.07. The fourth-order valence-corrected chi connectivity index (χ4v) is 3.93. The molecule has 2 rings (SSSR count). The molecule has 1 fully saturated rings. The normalized spacial score (nSPS) is 33.0. The first-order valence-electron chi connectivity index (χ1n) is 8.15. The van der Waals surface area contributed by atoms with Gasteiger partial charge in [-0.05, 0) is 44.9 Å². The summed E-state index contributed by atoms with van der Waals surface area (Å²) in [4.78, 5) is 26.6. The van der Waals surface area contributed by atoms with E-state index in [4.69, 9.17) is 0 Å². The molecule has 21 heavy (non-hydrogen) atoms. The standard InChI is InChI=1S/C17H27NO3/c1-5-10(3)18(11(4)6-2)16(19)14-12-7-8-13(9-12)15(14)17(20)21/h7-8,10-15H,5-6,9H2,1-4H3,(H,20,21)/t10-,11+,12-,13-,14+,15-/m0/s1. The molecule has 0 spiro atoms. The van der Waals surface area contributed by atoms with Crippen molar-refractivity contribution in [3.63, 3.8) is 0 Å². The maximum absolute atomic E-state index is 13.1. The van der Waals surface area contributed by atoms with Crippen molar-refractivity contribution < 1.29 is 14.7 Å². The molecule has 1 saturated carbocycles. The molecule has 0 radical (unpaired) electrons. The Hall–Kier alpha value is -1.32. The Kier molecular flexibility index (Phi) is 4.74. The van der Waals surface area contributed by atoms with Crippen molar-refractivity contribution in [1.82, 2.24) is 4.90 Å². The van der Waals surface area contributed by atoms with Crippen LogP contribution in [0.5, 0.6) is 0 Å². The van der Waals surface area contributed by atoms with Crippen LogP contribution < -0.4 is 0 Å². The highest BCUT2D eigenvalue weighted by Crippen LogP contribution is 2.49. The number of nitrogens with zero attached hydrogens (tertiary/aromatic N) is 1. The van der Waals surface area contributed by atoms with Crippen molar-refractivity contribution in [2.75, 3.05) is 0 Å². The summed E-state index contributed by atoms with van der Waals surface area (Å²) in [6, 6.07) is 0.315. The van der Waals surface area contributed by atoms with E-state index >= 15 is 0 Å². The van der Waals surface area contributed by atoms with E-state index in [1.54, 1.807) is 0 Å². The molecule has 0 unspecified atom stereocenters. The number of hydrogen-bond donors (Lipinski definition) is 1. The predicted octanol–water partition coefficient (Wildman–Crippen LogP) is 2.93. The van der Waals surface area contributed by atoms with Gasteiger partial charge in [0.2, 0.25) is 5.91 Å². The Morgan fingerprint density at radius 2 is 1.57 bits per heavy atom. The van der Waals surface area contributed by atoms with Crippen molar-refractivity contribution in [3.05, 3.63) is 12.2 Å². The van der Waals surface area contributed by atoms with Crippen molar-refractivity contribution in [1.29, 1.82) is 0 Å². The zero-order valence-corrected chi connectivity index (χ0v) is 13.5. The number of carboxylic acids is 1. The molecule has 1 N–H and O–H groups in total. The number of aliphatic carboxylic acids is 1. The number of amides is 1. The number of hydrogen-bond acceptors (Lipinski definition) is 2. The largest absolute Gasteiger partial charge is 0.481 e. The number of allylic oxidation sites excluding steroid dienone is 2. The molecule has 4 heteroatoms. The molecule has 4 nitrogen and oxygen atoms in total. The Morgan fingerprint density at radius 1 is 1.10 bits per heavy atom. The molecule has 0 aromatic carbocycles. The van der Waals surface area contributed by atoms with Crippen LogP contribution in [-0.2, 0) is 9.59 Å². The van der Waals surface area contributed by atoms with Crippen molar-refractivity contribution in [2.45, 2.75) is 59.0 Å². The lowest BCUT2D eigenvalue weighted by molar-refractivity contribution is -0.153. The molecule has 118 valence electrons. The summed E-state index contributed by atoms with van der Waals surface area (Å²) < 4.78 is 0. The van der Waals surface area contributed by atoms with Crippen molar-refractivity contribution >= 4 is 11.9 Å². The second kappa shape index (κ2) is 6.20. The number of rotatable bonds is 6. The van der Waals surface area contributed by atoms with Crippen LogP contribution in [0.15, 0.2) is 12.2 Å². The molecule has 2 aliphatic carbocycles. The van der Waals surface area contributed by atoms with Crippen LogP contribution in [0.2, 0.25) is 0 Å². The monoisotopic (exact) mass is 293 g/mol.